The highest BCUT2D eigenvalue weighted by Gasteiger charge is 2.03. The minimum atomic E-state index is -0.300. The number of rotatable bonds is 5. The van der Waals surface area contributed by atoms with Crippen LogP contribution in [0.5, 0.6) is 0 Å². The van der Waals surface area contributed by atoms with Crippen LogP contribution in [-0.2, 0) is 0 Å². The van der Waals surface area contributed by atoms with Crippen molar-refractivity contribution in [3.63, 3.8) is 0 Å². The highest BCUT2D eigenvalue weighted by atomic mass is 35.5. The van der Waals surface area contributed by atoms with E-state index in [1.54, 1.807) is 6.07 Å². The van der Waals surface area contributed by atoms with Crippen LogP contribution in [0.15, 0.2) is 23.8 Å². The number of hydrogen-bond acceptors (Lipinski definition) is 1. The Labute approximate surface area is 108 Å². The Bertz CT molecular complexity index is 381. The van der Waals surface area contributed by atoms with E-state index in [1.807, 2.05) is 13.0 Å². The highest BCUT2D eigenvalue weighted by Crippen LogP contribution is 2.17. The molecule has 0 saturated heterocycles. The molecule has 1 aromatic carbocycles. The van der Waals surface area contributed by atoms with Crippen LogP contribution in [0.3, 0.4) is 0 Å². The maximum atomic E-state index is 13.2. The van der Waals surface area contributed by atoms with Crippen LogP contribution in [0.4, 0.5) is 4.39 Å². The summed E-state index contributed by atoms with van der Waals surface area (Å²) in [6, 6.07) is 4.85. The molecule has 0 spiro atoms. The molecule has 0 radical (unpaired) electrons. The summed E-state index contributed by atoms with van der Waals surface area (Å²) in [7, 11) is 0. The molecule has 1 N–H and O–H groups in total. The van der Waals surface area contributed by atoms with Crippen molar-refractivity contribution in [3.05, 3.63) is 40.2 Å². The van der Waals surface area contributed by atoms with Gasteiger partial charge in [-0.15, -0.1) is 0 Å². The van der Waals surface area contributed by atoms with Gasteiger partial charge in [0.2, 0.25) is 0 Å². The minimum absolute atomic E-state index is 0.289. The fraction of sp³-hybridized carbons (Fsp3) is 0.429. The van der Waals surface area contributed by atoms with Gasteiger partial charge in [0, 0.05) is 11.1 Å². The lowest BCUT2D eigenvalue weighted by atomic mass is 10.1. The molecule has 0 aromatic heterocycles. The van der Waals surface area contributed by atoms with Crippen molar-refractivity contribution in [1.29, 1.82) is 0 Å². The summed E-state index contributed by atoms with van der Waals surface area (Å²) >= 11 is 5.81. The van der Waals surface area contributed by atoms with Gasteiger partial charge in [-0.3, -0.25) is 0 Å². The van der Waals surface area contributed by atoms with Gasteiger partial charge in [0.25, 0.3) is 0 Å². The van der Waals surface area contributed by atoms with Crippen LogP contribution in [0, 0.1) is 5.82 Å². The molecule has 1 unspecified atom stereocenters. The molecule has 0 aliphatic heterocycles. The lowest BCUT2D eigenvalue weighted by Crippen LogP contribution is -2.27. The van der Waals surface area contributed by atoms with Crippen molar-refractivity contribution in [2.24, 2.45) is 0 Å². The fourth-order valence-electron chi connectivity index (χ4n) is 1.57. The first-order valence-electron chi connectivity index (χ1n) is 5.90. The van der Waals surface area contributed by atoms with Crippen molar-refractivity contribution in [2.45, 2.75) is 33.2 Å². The van der Waals surface area contributed by atoms with Crippen LogP contribution in [0.1, 0.15) is 32.8 Å². The number of hydrogen-bond donors (Lipinski definition) is 1. The Kier molecular flexibility index (Phi) is 5.66. The Hall–Kier alpha value is -0.860. The van der Waals surface area contributed by atoms with Gasteiger partial charge in [-0.05, 0) is 50.6 Å². The van der Waals surface area contributed by atoms with E-state index in [0.29, 0.717) is 5.02 Å². The van der Waals surface area contributed by atoms with Crippen molar-refractivity contribution in [2.75, 3.05) is 6.54 Å². The molecular weight excluding hydrogens is 237 g/mol. The lowest BCUT2D eigenvalue weighted by molar-refractivity contribution is 0.604. The van der Waals surface area contributed by atoms with Gasteiger partial charge in [-0.25, -0.2) is 4.39 Å². The molecule has 1 rings (SSSR count). The average Bonchev–Trinajstić information content (AvgIpc) is 2.24. The first-order valence-corrected chi connectivity index (χ1v) is 6.28. The van der Waals surface area contributed by atoms with Crippen LogP contribution in [0.2, 0.25) is 5.02 Å². The topological polar surface area (TPSA) is 12.0 Å². The van der Waals surface area contributed by atoms with Crippen LogP contribution >= 0.6 is 11.6 Å². The molecule has 17 heavy (non-hydrogen) atoms. The third-order valence-electron chi connectivity index (χ3n) is 2.66. The van der Waals surface area contributed by atoms with Crippen molar-refractivity contribution >= 4 is 17.7 Å². The molecule has 1 atom stereocenters. The summed E-state index contributed by atoms with van der Waals surface area (Å²) in [5.41, 5.74) is 1.97. The normalized spacial score (nSPS) is 13.8. The molecule has 1 nitrogen and oxygen atoms in total. The molecule has 0 aliphatic carbocycles. The fourth-order valence-corrected chi connectivity index (χ4v) is 1.80. The maximum absolute atomic E-state index is 13.2. The van der Waals surface area contributed by atoms with E-state index >= 15 is 0 Å². The second kappa shape index (κ2) is 6.77. The van der Waals surface area contributed by atoms with E-state index in [2.05, 4.69) is 19.2 Å². The second-order valence-electron chi connectivity index (χ2n) is 4.27. The van der Waals surface area contributed by atoms with Crippen molar-refractivity contribution in [1.82, 2.24) is 5.32 Å². The highest BCUT2D eigenvalue weighted by molar-refractivity contribution is 6.30. The molecule has 94 valence electrons. The van der Waals surface area contributed by atoms with Crippen LogP contribution in [-0.4, -0.2) is 12.6 Å². The van der Waals surface area contributed by atoms with E-state index in [4.69, 9.17) is 11.6 Å². The summed E-state index contributed by atoms with van der Waals surface area (Å²) in [6.45, 7) is 7.25. The first kappa shape index (κ1) is 14.2. The molecule has 0 saturated carbocycles. The number of halogens is 2. The average molecular weight is 256 g/mol. The largest absolute Gasteiger partial charge is 0.311 e. The molecule has 0 aliphatic rings. The third-order valence-corrected chi connectivity index (χ3v) is 2.88. The van der Waals surface area contributed by atoms with Crippen molar-refractivity contribution < 1.29 is 4.39 Å². The smallest absolute Gasteiger partial charge is 0.125 e. The Balaban J connectivity index is 2.79. The summed E-state index contributed by atoms with van der Waals surface area (Å²) < 4.78 is 13.2. The standard InChI is InChI=1S/C14H19ClFN/c1-4-5-17-11(3)10(2)6-12-7-13(15)9-14(16)8-12/h6-9,11,17H,4-5H2,1-3H3/b10-6+. The molecule has 0 amide bonds. The van der Waals surface area contributed by atoms with Crippen molar-refractivity contribution in [3.8, 4) is 0 Å². The Morgan fingerprint density at radius 1 is 1.47 bits per heavy atom. The minimum Gasteiger partial charge on any atom is -0.311 e. The van der Waals surface area contributed by atoms with E-state index in [1.165, 1.54) is 17.7 Å². The van der Waals surface area contributed by atoms with Crippen LogP contribution < -0.4 is 5.32 Å². The van der Waals surface area contributed by atoms with Gasteiger partial charge < -0.3 is 5.32 Å². The lowest BCUT2D eigenvalue weighted by Gasteiger charge is -2.14. The summed E-state index contributed by atoms with van der Waals surface area (Å²) in [4.78, 5) is 0. The molecule has 1 aromatic rings. The quantitative estimate of drug-likeness (QED) is 0.829. The van der Waals surface area contributed by atoms with E-state index in [-0.39, 0.29) is 11.9 Å². The van der Waals surface area contributed by atoms with Gasteiger partial charge in [0.15, 0.2) is 0 Å². The number of benzene rings is 1. The van der Waals surface area contributed by atoms with E-state index in [0.717, 1.165) is 18.5 Å². The number of nitrogens with one attached hydrogen (secondary N) is 1. The maximum Gasteiger partial charge on any atom is 0.125 e. The zero-order valence-corrected chi connectivity index (χ0v) is 11.3. The SMILES string of the molecule is CCCNC(C)/C(C)=C/c1cc(F)cc(Cl)c1. The monoisotopic (exact) mass is 255 g/mol. The Morgan fingerprint density at radius 2 is 2.18 bits per heavy atom. The predicted octanol–water partition coefficient (Wildman–Crippen LogP) is 4.27. The van der Waals surface area contributed by atoms with Gasteiger partial charge in [0.05, 0.1) is 0 Å². The first-order chi connectivity index (χ1) is 8.02. The molecule has 0 fully saturated rings. The zero-order chi connectivity index (χ0) is 12.8. The van der Waals surface area contributed by atoms with Gasteiger partial charge in [-0.2, -0.15) is 0 Å². The summed E-state index contributed by atoms with van der Waals surface area (Å²) in [5, 5.41) is 3.82. The molecule has 0 bridgehead atoms. The third kappa shape index (κ3) is 4.88. The molecule has 3 heteroatoms. The van der Waals surface area contributed by atoms with Crippen LogP contribution in [0.25, 0.3) is 6.08 Å². The summed E-state index contributed by atoms with van der Waals surface area (Å²) in [5.74, 6) is -0.300. The van der Waals surface area contributed by atoms with Gasteiger partial charge in [0.1, 0.15) is 5.82 Å². The van der Waals surface area contributed by atoms with E-state index < -0.39 is 0 Å². The second-order valence-corrected chi connectivity index (χ2v) is 4.70. The summed E-state index contributed by atoms with van der Waals surface area (Å²) in [6.07, 6.45) is 3.06. The Morgan fingerprint density at radius 3 is 2.76 bits per heavy atom. The predicted molar refractivity (Wildman–Crippen MR) is 72.8 cm³/mol. The van der Waals surface area contributed by atoms with Gasteiger partial charge >= 0.3 is 0 Å². The van der Waals surface area contributed by atoms with Gasteiger partial charge in [-0.1, -0.05) is 30.2 Å². The zero-order valence-electron chi connectivity index (χ0n) is 10.6. The molecule has 0 heterocycles. The van der Waals surface area contributed by atoms with E-state index in [9.17, 15) is 4.39 Å². The molecular formula is C14H19ClFN.